The highest BCUT2D eigenvalue weighted by atomic mass is 19.2. The number of aryl methyl sites for hydroxylation is 1. The molecule has 0 N–H and O–H groups in total. The van der Waals surface area contributed by atoms with Crippen LogP contribution in [0.25, 0.3) is 11.0 Å². The van der Waals surface area contributed by atoms with E-state index in [4.69, 9.17) is 0 Å². The van der Waals surface area contributed by atoms with E-state index in [0.29, 0.717) is 5.52 Å². The Labute approximate surface area is 143 Å². The summed E-state index contributed by atoms with van der Waals surface area (Å²) in [5, 5.41) is 0. The number of nitrogens with zero attached hydrogens (tertiary/aromatic N) is 3. The van der Waals surface area contributed by atoms with Crippen molar-refractivity contribution in [1.29, 1.82) is 0 Å². The zero-order chi connectivity index (χ0) is 17.6. The Balaban J connectivity index is 1.55. The minimum Gasteiger partial charge on any atom is -0.342 e. The number of fused-ring (bicyclic) bond motifs is 1. The zero-order valence-electron chi connectivity index (χ0n) is 13.8. The lowest BCUT2D eigenvalue weighted by molar-refractivity contribution is 0.481. The second-order valence-electron chi connectivity index (χ2n) is 6.51. The van der Waals surface area contributed by atoms with Gasteiger partial charge in [-0.15, -0.1) is 0 Å². The highest BCUT2D eigenvalue weighted by Gasteiger charge is 2.25. The summed E-state index contributed by atoms with van der Waals surface area (Å²) >= 11 is 0. The van der Waals surface area contributed by atoms with Crippen LogP contribution in [0, 0.1) is 17.5 Å². The van der Waals surface area contributed by atoms with Gasteiger partial charge in [-0.25, -0.2) is 18.2 Å². The van der Waals surface area contributed by atoms with E-state index in [1.807, 2.05) is 17.7 Å². The van der Waals surface area contributed by atoms with Crippen LogP contribution in [0.4, 0.5) is 19.1 Å². The Morgan fingerprint density at radius 3 is 2.40 bits per heavy atom. The Morgan fingerprint density at radius 1 is 0.960 bits per heavy atom. The van der Waals surface area contributed by atoms with Crippen molar-refractivity contribution in [3.05, 3.63) is 59.4 Å². The van der Waals surface area contributed by atoms with Gasteiger partial charge in [-0.05, 0) is 48.6 Å². The molecule has 1 aromatic heterocycles. The van der Waals surface area contributed by atoms with E-state index in [0.717, 1.165) is 43.0 Å². The van der Waals surface area contributed by atoms with Crippen molar-refractivity contribution in [2.75, 3.05) is 18.0 Å². The fraction of sp³-hybridized carbons (Fsp3) is 0.316. The first-order valence-electron chi connectivity index (χ1n) is 8.35. The number of imidazole rings is 1. The van der Waals surface area contributed by atoms with Gasteiger partial charge in [0.2, 0.25) is 5.95 Å². The van der Waals surface area contributed by atoms with Gasteiger partial charge in [0, 0.05) is 20.1 Å². The van der Waals surface area contributed by atoms with Crippen molar-refractivity contribution in [3.63, 3.8) is 0 Å². The van der Waals surface area contributed by atoms with Gasteiger partial charge in [0.15, 0.2) is 17.5 Å². The van der Waals surface area contributed by atoms with Gasteiger partial charge >= 0.3 is 0 Å². The normalized spacial score (nSPS) is 15.9. The maximum Gasteiger partial charge on any atom is 0.206 e. The molecule has 0 saturated carbocycles. The van der Waals surface area contributed by atoms with Crippen molar-refractivity contribution in [2.45, 2.75) is 18.8 Å². The standard InChI is InChI=1S/C19H18F3N3/c1-24-17-4-2-3-15(21)18(17)23-19(24)25-9-7-12(8-10-25)13-5-6-14(20)16(22)11-13/h2-6,11-12H,7-10H2,1H3. The van der Waals surface area contributed by atoms with Crippen molar-refractivity contribution in [1.82, 2.24) is 9.55 Å². The van der Waals surface area contributed by atoms with Gasteiger partial charge in [-0.3, -0.25) is 0 Å². The molecule has 6 heteroatoms. The quantitative estimate of drug-likeness (QED) is 0.687. The molecule has 1 aliphatic rings. The van der Waals surface area contributed by atoms with Crippen LogP contribution >= 0.6 is 0 Å². The van der Waals surface area contributed by atoms with Gasteiger partial charge in [-0.1, -0.05) is 12.1 Å². The fourth-order valence-corrected chi connectivity index (χ4v) is 3.63. The number of hydrogen-bond acceptors (Lipinski definition) is 2. The first kappa shape index (κ1) is 16.0. The summed E-state index contributed by atoms with van der Waals surface area (Å²) in [6.07, 6.45) is 1.63. The highest BCUT2D eigenvalue weighted by molar-refractivity contribution is 5.79. The molecule has 25 heavy (non-hydrogen) atoms. The van der Waals surface area contributed by atoms with Crippen molar-refractivity contribution >= 4 is 17.0 Å². The summed E-state index contributed by atoms with van der Waals surface area (Å²) in [5.41, 5.74) is 1.97. The fourth-order valence-electron chi connectivity index (χ4n) is 3.63. The third-order valence-corrected chi connectivity index (χ3v) is 5.03. The minimum absolute atomic E-state index is 0.192. The third kappa shape index (κ3) is 2.75. The van der Waals surface area contributed by atoms with Crippen LogP contribution in [0.15, 0.2) is 36.4 Å². The van der Waals surface area contributed by atoms with E-state index in [-0.39, 0.29) is 11.7 Å². The molecule has 1 fully saturated rings. The maximum absolute atomic E-state index is 13.9. The number of halogens is 3. The summed E-state index contributed by atoms with van der Waals surface area (Å²) < 4.78 is 42.4. The van der Waals surface area contributed by atoms with Crippen molar-refractivity contribution in [3.8, 4) is 0 Å². The molecule has 2 heterocycles. The lowest BCUT2D eigenvalue weighted by Crippen LogP contribution is -2.34. The number of para-hydroxylation sites is 1. The van der Waals surface area contributed by atoms with E-state index < -0.39 is 11.6 Å². The molecule has 1 saturated heterocycles. The summed E-state index contributed by atoms with van der Waals surface area (Å²) in [5.74, 6) is -1.01. The molecule has 0 unspecified atom stereocenters. The Hall–Kier alpha value is -2.50. The topological polar surface area (TPSA) is 21.1 Å². The van der Waals surface area contributed by atoms with Gasteiger partial charge in [-0.2, -0.15) is 0 Å². The average Bonchev–Trinajstić information content (AvgIpc) is 2.96. The second kappa shape index (κ2) is 6.10. The molecule has 0 aliphatic carbocycles. The Bertz CT molecular complexity index is 927. The highest BCUT2D eigenvalue weighted by Crippen LogP contribution is 2.32. The number of rotatable bonds is 2. The molecular formula is C19H18F3N3. The Kier molecular flexibility index (Phi) is 3.90. The number of piperidine rings is 1. The predicted molar refractivity (Wildman–Crippen MR) is 91.2 cm³/mol. The largest absolute Gasteiger partial charge is 0.342 e. The van der Waals surface area contributed by atoms with E-state index >= 15 is 0 Å². The molecule has 0 amide bonds. The lowest BCUT2D eigenvalue weighted by Gasteiger charge is -2.32. The summed E-state index contributed by atoms with van der Waals surface area (Å²) in [6.45, 7) is 1.48. The van der Waals surface area contributed by atoms with Crippen LogP contribution in [-0.2, 0) is 7.05 Å². The maximum atomic E-state index is 13.9. The van der Waals surface area contributed by atoms with Crippen molar-refractivity contribution < 1.29 is 13.2 Å². The summed E-state index contributed by atoms with van der Waals surface area (Å²) in [6, 6.07) is 9.07. The zero-order valence-corrected chi connectivity index (χ0v) is 13.8. The van der Waals surface area contributed by atoms with E-state index in [1.54, 1.807) is 12.1 Å². The first-order chi connectivity index (χ1) is 12.0. The van der Waals surface area contributed by atoms with Crippen molar-refractivity contribution in [2.24, 2.45) is 7.05 Å². The van der Waals surface area contributed by atoms with E-state index in [2.05, 4.69) is 9.88 Å². The molecule has 0 radical (unpaired) electrons. The van der Waals surface area contributed by atoms with Gasteiger partial charge in [0.1, 0.15) is 5.52 Å². The third-order valence-electron chi connectivity index (χ3n) is 5.03. The predicted octanol–water partition coefficient (Wildman–Crippen LogP) is 4.37. The van der Waals surface area contributed by atoms with Crippen LogP contribution in [0.2, 0.25) is 0 Å². The molecule has 1 aliphatic heterocycles. The molecule has 3 aromatic rings. The van der Waals surface area contributed by atoms with E-state index in [9.17, 15) is 13.2 Å². The Morgan fingerprint density at radius 2 is 1.72 bits per heavy atom. The molecule has 0 spiro atoms. The van der Waals surface area contributed by atoms with Gasteiger partial charge in [0.25, 0.3) is 0 Å². The first-order valence-corrected chi connectivity index (χ1v) is 8.35. The van der Waals surface area contributed by atoms with Crippen LogP contribution in [-0.4, -0.2) is 22.6 Å². The number of hydrogen-bond donors (Lipinski definition) is 0. The molecule has 2 aromatic carbocycles. The second-order valence-corrected chi connectivity index (χ2v) is 6.51. The lowest BCUT2D eigenvalue weighted by atomic mass is 9.89. The molecular weight excluding hydrogens is 327 g/mol. The monoisotopic (exact) mass is 345 g/mol. The van der Waals surface area contributed by atoms with Crippen LogP contribution in [0.3, 0.4) is 0 Å². The molecule has 4 rings (SSSR count). The average molecular weight is 345 g/mol. The SMILES string of the molecule is Cn1c(N2CCC(c3ccc(F)c(F)c3)CC2)nc2c(F)cccc21. The number of anilines is 1. The molecule has 3 nitrogen and oxygen atoms in total. The van der Waals surface area contributed by atoms with Gasteiger partial charge in [0.05, 0.1) is 5.52 Å². The molecule has 130 valence electrons. The van der Waals surface area contributed by atoms with Crippen LogP contribution in [0.1, 0.15) is 24.3 Å². The smallest absolute Gasteiger partial charge is 0.206 e. The van der Waals surface area contributed by atoms with Crippen LogP contribution < -0.4 is 4.90 Å². The molecule has 0 atom stereocenters. The molecule has 0 bridgehead atoms. The van der Waals surface area contributed by atoms with E-state index in [1.165, 1.54) is 18.2 Å². The van der Waals surface area contributed by atoms with Crippen LogP contribution in [0.5, 0.6) is 0 Å². The number of aromatic nitrogens is 2. The minimum atomic E-state index is -0.817. The number of benzene rings is 2. The summed E-state index contributed by atoms with van der Waals surface area (Å²) in [4.78, 5) is 6.58. The van der Waals surface area contributed by atoms with Gasteiger partial charge < -0.3 is 9.47 Å². The summed E-state index contributed by atoms with van der Waals surface area (Å²) in [7, 11) is 1.88.